The van der Waals surface area contributed by atoms with E-state index in [2.05, 4.69) is 38.2 Å². The summed E-state index contributed by atoms with van der Waals surface area (Å²) in [6, 6.07) is 0. The van der Waals surface area contributed by atoms with Crippen LogP contribution in [-0.2, 0) is 32.7 Å². The van der Waals surface area contributed by atoms with Crippen molar-refractivity contribution in [2.75, 3.05) is 26.4 Å². The van der Waals surface area contributed by atoms with Gasteiger partial charge in [-0.25, -0.2) is 4.57 Å². The van der Waals surface area contributed by atoms with E-state index in [0.717, 1.165) is 38.5 Å². The van der Waals surface area contributed by atoms with Crippen molar-refractivity contribution in [1.82, 2.24) is 0 Å². The minimum absolute atomic E-state index is 0.0563. The van der Waals surface area contributed by atoms with Gasteiger partial charge in [0.25, 0.3) is 0 Å². The van der Waals surface area contributed by atoms with Crippen LogP contribution < -0.4 is 5.73 Å². The Labute approximate surface area is 427 Å². The van der Waals surface area contributed by atoms with Crippen molar-refractivity contribution < 1.29 is 37.6 Å². The first kappa shape index (κ1) is 67.5. The fraction of sp³-hybridized carbons (Fsp3) is 0.898. The topological polar surface area (TPSA) is 134 Å². The van der Waals surface area contributed by atoms with Crippen LogP contribution in [0.3, 0.4) is 0 Å². The summed E-state index contributed by atoms with van der Waals surface area (Å²) >= 11 is 0. The van der Waals surface area contributed by atoms with Gasteiger partial charge in [-0.15, -0.1) is 0 Å². The Morgan fingerprint density at radius 3 is 1.10 bits per heavy atom. The second-order valence-electron chi connectivity index (χ2n) is 20.2. The first-order valence-corrected chi connectivity index (χ1v) is 31.3. The van der Waals surface area contributed by atoms with Crippen molar-refractivity contribution in [3.63, 3.8) is 0 Å². The van der Waals surface area contributed by atoms with Crippen LogP contribution in [0.4, 0.5) is 0 Å². The smallest absolute Gasteiger partial charge is 0.462 e. The molecule has 0 fully saturated rings. The lowest BCUT2D eigenvalue weighted by molar-refractivity contribution is -0.161. The molecule has 0 aromatic carbocycles. The minimum Gasteiger partial charge on any atom is -0.462 e. The molecule has 0 bridgehead atoms. The van der Waals surface area contributed by atoms with E-state index in [9.17, 15) is 19.0 Å². The predicted molar refractivity (Wildman–Crippen MR) is 294 cm³/mol. The van der Waals surface area contributed by atoms with Crippen molar-refractivity contribution in [1.29, 1.82) is 0 Å². The Morgan fingerprint density at radius 2 is 0.754 bits per heavy atom. The highest BCUT2D eigenvalue weighted by atomic mass is 31.2. The molecule has 10 heteroatoms. The molecule has 69 heavy (non-hydrogen) atoms. The Balaban J connectivity index is 3.91. The number of unbranched alkanes of at least 4 members (excludes halogenated alkanes) is 40. The number of rotatable bonds is 57. The SMILES string of the molecule is CCCCCCC/C=C\C/C=C\CCCCCCCCCCCCCCCCCC(=O)OC(COC(=O)CCCCCCCCCCCCCCCCCCCCCCC)COP(=O)(O)OCCN. The molecule has 0 saturated carbocycles. The molecule has 0 radical (unpaired) electrons. The quantitative estimate of drug-likeness (QED) is 0.0264. The van der Waals surface area contributed by atoms with Crippen LogP contribution in [0.25, 0.3) is 0 Å². The molecule has 0 aliphatic rings. The molecule has 0 aliphatic heterocycles. The maximum Gasteiger partial charge on any atom is 0.472 e. The lowest BCUT2D eigenvalue weighted by Gasteiger charge is -2.19. The summed E-state index contributed by atoms with van der Waals surface area (Å²) < 4.78 is 33.1. The fourth-order valence-corrected chi connectivity index (χ4v) is 9.67. The second kappa shape index (κ2) is 55.8. The highest BCUT2D eigenvalue weighted by Gasteiger charge is 2.26. The molecule has 0 saturated heterocycles. The maximum atomic E-state index is 12.7. The highest BCUT2D eigenvalue weighted by molar-refractivity contribution is 7.47. The van der Waals surface area contributed by atoms with Crippen LogP contribution in [0.15, 0.2) is 24.3 Å². The number of phosphoric ester groups is 1. The van der Waals surface area contributed by atoms with Crippen LogP contribution in [-0.4, -0.2) is 49.3 Å². The summed E-state index contributed by atoms with van der Waals surface area (Å²) in [4.78, 5) is 35.2. The number of phosphoric acid groups is 1. The number of hydrogen-bond donors (Lipinski definition) is 2. The molecule has 2 unspecified atom stereocenters. The second-order valence-corrected chi connectivity index (χ2v) is 21.7. The van der Waals surface area contributed by atoms with E-state index in [-0.39, 0.29) is 38.6 Å². The van der Waals surface area contributed by atoms with Crippen LogP contribution >= 0.6 is 7.82 Å². The molecule has 0 aliphatic carbocycles. The van der Waals surface area contributed by atoms with Gasteiger partial charge < -0.3 is 20.1 Å². The van der Waals surface area contributed by atoms with Gasteiger partial charge in [0.05, 0.1) is 13.2 Å². The molecule has 408 valence electrons. The zero-order chi connectivity index (χ0) is 50.2. The van der Waals surface area contributed by atoms with E-state index in [1.165, 1.54) is 238 Å². The lowest BCUT2D eigenvalue weighted by atomic mass is 10.0. The zero-order valence-corrected chi connectivity index (χ0v) is 46.5. The van der Waals surface area contributed by atoms with Crippen LogP contribution in [0.1, 0.15) is 309 Å². The summed E-state index contributed by atoms with van der Waals surface area (Å²) in [6.45, 7) is 3.80. The highest BCUT2D eigenvalue weighted by Crippen LogP contribution is 2.43. The molecule has 0 spiro atoms. The van der Waals surface area contributed by atoms with Crippen LogP contribution in [0, 0.1) is 0 Å². The average molecular weight is 997 g/mol. The van der Waals surface area contributed by atoms with Crippen molar-refractivity contribution in [3.8, 4) is 0 Å². The van der Waals surface area contributed by atoms with Gasteiger partial charge in [0.15, 0.2) is 6.10 Å². The Kier molecular flexibility index (Phi) is 54.6. The third kappa shape index (κ3) is 55.7. The third-order valence-electron chi connectivity index (χ3n) is 13.3. The van der Waals surface area contributed by atoms with E-state index in [0.29, 0.717) is 6.42 Å². The first-order valence-electron chi connectivity index (χ1n) is 29.8. The molecule has 0 heterocycles. The molecule has 0 amide bonds. The van der Waals surface area contributed by atoms with Gasteiger partial charge in [-0.3, -0.25) is 18.6 Å². The number of ether oxygens (including phenoxy) is 2. The molecular weight excluding hydrogens is 882 g/mol. The fourth-order valence-electron chi connectivity index (χ4n) is 8.91. The number of nitrogens with two attached hydrogens (primary N) is 1. The van der Waals surface area contributed by atoms with Gasteiger partial charge in [0.1, 0.15) is 6.61 Å². The Hall–Kier alpha value is -1.51. The summed E-state index contributed by atoms with van der Waals surface area (Å²) in [5.41, 5.74) is 5.38. The monoisotopic (exact) mass is 996 g/mol. The van der Waals surface area contributed by atoms with Crippen LogP contribution in [0.2, 0.25) is 0 Å². The van der Waals surface area contributed by atoms with Gasteiger partial charge in [0, 0.05) is 19.4 Å². The third-order valence-corrected chi connectivity index (χ3v) is 14.3. The molecule has 0 rings (SSSR count). The molecular formula is C59H114NO8P. The van der Waals surface area contributed by atoms with Crippen molar-refractivity contribution >= 4 is 19.8 Å². The van der Waals surface area contributed by atoms with Gasteiger partial charge in [-0.2, -0.15) is 0 Å². The summed E-state index contributed by atoms with van der Waals surface area (Å²) in [5.74, 6) is -0.808. The van der Waals surface area contributed by atoms with E-state index < -0.39 is 26.5 Å². The van der Waals surface area contributed by atoms with Crippen LogP contribution in [0.5, 0.6) is 0 Å². The van der Waals surface area contributed by atoms with Gasteiger partial charge >= 0.3 is 19.8 Å². The zero-order valence-electron chi connectivity index (χ0n) is 45.6. The van der Waals surface area contributed by atoms with E-state index in [1.54, 1.807) is 0 Å². The van der Waals surface area contributed by atoms with Crippen molar-refractivity contribution in [2.45, 2.75) is 315 Å². The summed E-state index contributed by atoms with van der Waals surface area (Å²) in [5, 5.41) is 0. The normalized spacial score (nSPS) is 13.2. The van der Waals surface area contributed by atoms with E-state index >= 15 is 0 Å². The summed E-state index contributed by atoms with van der Waals surface area (Å²) in [7, 11) is -4.38. The molecule has 9 nitrogen and oxygen atoms in total. The number of allylic oxidation sites excluding steroid dienone is 4. The van der Waals surface area contributed by atoms with E-state index in [4.69, 9.17) is 24.3 Å². The molecule has 2 atom stereocenters. The number of hydrogen-bond acceptors (Lipinski definition) is 8. The Morgan fingerprint density at radius 1 is 0.435 bits per heavy atom. The standard InChI is InChI=1S/C59H114NO8P/c1-3-5-7-9-11-13-15-17-19-21-23-25-26-27-28-29-30-32-34-36-38-40-42-44-46-48-50-52-59(62)68-57(56-67-69(63,64)66-54-53-60)55-65-58(61)51-49-47-45-43-41-39-37-35-33-31-24-22-20-18-16-14-12-10-8-6-4-2/h15,17,21,23,57H,3-14,16,18-20,22,24-56,60H2,1-2H3,(H,63,64)/b17-15-,23-21-. The number of carbonyl (C=O) groups excluding carboxylic acids is 2. The molecule has 0 aromatic heterocycles. The van der Waals surface area contributed by atoms with Crippen molar-refractivity contribution in [3.05, 3.63) is 24.3 Å². The lowest BCUT2D eigenvalue weighted by Crippen LogP contribution is -2.29. The first-order chi connectivity index (χ1) is 33.8. The van der Waals surface area contributed by atoms with Gasteiger partial charge in [-0.05, 0) is 44.9 Å². The average Bonchev–Trinajstić information content (AvgIpc) is 3.34. The number of esters is 2. The van der Waals surface area contributed by atoms with E-state index in [1.807, 2.05) is 0 Å². The molecule has 0 aromatic rings. The summed E-state index contributed by atoms with van der Waals surface area (Å²) in [6.07, 6.45) is 65.2. The maximum absolute atomic E-state index is 12.7. The largest absolute Gasteiger partial charge is 0.472 e. The minimum atomic E-state index is -4.38. The van der Waals surface area contributed by atoms with Gasteiger partial charge in [-0.1, -0.05) is 276 Å². The Bertz CT molecular complexity index is 1180. The number of carbonyl (C=O) groups is 2. The molecule has 3 N–H and O–H groups in total. The predicted octanol–water partition coefficient (Wildman–Crippen LogP) is 18.6. The van der Waals surface area contributed by atoms with Gasteiger partial charge in [0.2, 0.25) is 0 Å². The van der Waals surface area contributed by atoms with Crippen molar-refractivity contribution in [2.24, 2.45) is 5.73 Å².